The number of halogens is 2. The van der Waals surface area contributed by atoms with Crippen molar-refractivity contribution in [1.82, 2.24) is 0 Å². The quantitative estimate of drug-likeness (QED) is 0.628. The fourth-order valence-corrected chi connectivity index (χ4v) is 1.57. The molecule has 0 aliphatic rings. The Morgan fingerprint density at radius 1 is 1.27 bits per heavy atom. The lowest BCUT2D eigenvalue weighted by molar-refractivity contribution is 0.531. The highest BCUT2D eigenvalue weighted by atomic mass is 79.9. The summed E-state index contributed by atoms with van der Waals surface area (Å²) in [6.07, 6.45) is 4.90. The van der Waals surface area contributed by atoms with Crippen LogP contribution >= 0.6 is 28.6 Å². The van der Waals surface area contributed by atoms with Gasteiger partial charge in [-0.25, -0.2) is 0 Å². The number of hydrogen-bond donors (Lipinski definition) is 0. The highest BCUT2D eigenvalue weighted by Crippen LogP contribution is 2.16. The van der Waals surface area contributed by atoms with Crippen LogP contribution in [-0.4, -0.2) is 5.38 Å². The van der Waals surface area contributed by atoms with E-state index in [1.807, 2.05) is 0 Å². The van der Waals surface area contributed by atoms with Crippen LogP contribution < -0.4 is 0 Å². The first-order valence-corrected chi connectivity index (χ1v) is 4.74. The van der Waals surface area contributed by atoms with E-state index in [1.165, 1.54) is 25.7 Å². The van der Waals surface area contributed by atoms with Gasteiger partial charge in [0.25, 0.3) is 0 Å². The third kappa shape index (κ3) is 10.8. The highest BCUT2D eigenvalue weighted by Gasteiger charge is 2.05. The standard InChI is InChI=1S/C9H19Cl.BrH/c1-4-5-6-9(10)7-8(2)3;/h8-9H,4-7H2,1-3H3;1H. The zero-order valence-electron chi connectivity index (χ0n) is 7.77. The van der Waals surface area contributed by atoms with Gasteiger partial charge in [0.15, 0.2) is 0 Å². The average molecular weight is 244 g/mol. The van der Waals surface area contributed by atoms with E-state index in [2.05, 4.69) is 20.8 Å². The zero-order chi connectivity index (χ0) is 7.98. The molecule has 0 radical (unpaired) electrons. The summed E-state index contributed by atoms with van der Waals surface area (Å²) in [5.41, 5.74) is 0. The van der Waals surface area contributed by atoms with Gasteiger partial charge in [0.2, 0.25) is 0 Å². The molecule has 0 spiro atoms. The first kappa shape index (κ1) is 14.3. The zero-order valence-corrected chi connectivity index (χ0v) is 10.2. The predicted octanol–water partition coefficient (Wildman–Crippen LogP) is 4.41. The third-order valence-corrected chi connectivity index (χ3v) is 1.99. The van der Waals surface area contributed by atoms with Crippen molar-refractivity contribution >= 4 is 28.6 Å². The van der Waals surface area contributed by atoms with Crippen LogP contribution in [0.25, 0.3) is 0 Å². The Hall–Kier alpha value is 0.770. The molecule has 0 N–H and O–H groups in total. The topological polar surface area (TPSA) is 0 Å². The van der Waals surface area contributed by atoms with Crippen molar-refractivity contribution in [2.24, 2.45) is 5.92 Å². The van der Waals surface area contributed by atoms with Gasteiger partial charge < -0.3 is 0 Å². The molecule has 2 heteroatoms. The molecule has 0 saturated carbocycles. The molecule has 1 atom stereocenters. The van der Waals surface area contributed by atoms with E-state index in [4.69, 9.17) is 11.6 Å². The maximum absolute atomic E-state index is 6.05. The van der Waals surface area contributed by atoms with Gasteiger partial charge in [0.1, 0.15) is 0 Å². The van der Waals surface area contributed by atoms with Gasteiger partial charge in [-0.1, -0.05) is 33.6 Å². The number of alkyl halides is 1. The van der Waals surface area contributed by atoms with Gasteiger partial charge in [-0.15, -0.1) is 28.6 Å². The van der Waals surface area contributed by atoms with Crippen molar-refractivity contribution in [3.8, 4) is 0 Å². The Morgan fingerprint density at radius 2 is 1.82 bits per heavy atom. The van der Waals surface area contributed by atoms with Crippen molar-refractivity contribution < 1.29 is 0 Å². The van der Waals surface area contributed by atoms with Crippen molar-refractivity contribution in [2.45, 2.75) is 51.8 Å². The first-order valence-electron chi connectivity index (χ1n) is 4.30. The smallest absolute Gasteiger partial charge is 0.0338 e. The van der Waals surface area contributed by atoms with Crippen LogP contribution in [0.15, 0.2) is 0 Å². The lowest BCUT2D eigenvalue weighted by Crippen LogP contribution is -2.02. The fraction of sp³-hybridized carbons (Fsp3) is 1.00. The molecule has 0 aromatic rings. The van der Waals surface area contributed by atoms with Crippen LogP contribution in [0.5, 0.6) is 0 Å². The van der Waals surface area contributed by atoms with Gasteiger partial charge in [0, 0.05) is 5.38 Å². The van der Waals surface area contributed by atoms with Crippen LogP contribution in [0.3, 0.4) is 0 Å². The van der Waals surface area contributed by atoms with Crippen LogP contribution in [0.4, 0.5) is 0 Å². The number of rotatable bonds is 5. The van der Waals surface area contributed by atoms with E-state index in [-0.39, 0.29) is 17.0 Å². The second-order valence-electron chi connectivity index (χ2n) is 3.37. The lowest BCUT2D eigenvalue weighted by atomic mass is 10.0. The fourth-order valence-electron chi connectivity index (χ4n) is 1.05. The summed E-state index contributed by atoms with van der Waals surface area (Å²) >= 11 is 6.05. The molecule has 1 unspecified atom stereocenters. The van der Waals surface area contributed by atoms with Crippen molar-refractivity contribution in [3.05, 3.63) is 0 Å². The minimum Gasteiger partial charge on any atom is -0.123 e. The van der Waals surface area contributed by atoms with Crippen LogP contribution in [0.2, 0.25) is 0 Å². The SMILES string of the molecule is Br.CCCCC(Cl)CC(C)C. The summed E-state index contributed by atoms with van der Waals surface area (Å²) in [7, 11) is 0. The largest absolute Gasteiger partial charge is 0.123 e. The monoisotopic (exact) mass is 242 g/mol. The van der Waals surface area contributed by atoms with Crippen LogP contribution in [0, 0.1) is 5.92 Å². The Labute approximate surface area is 86.5 Å². The molecular weight excluding hydrogens is 223 g/mol. The Kier molecular flexibility index (Phi) is 11.5. The normalized spacial score (nSPS) is 12.8. The number of unbranched alkanes of at least 4 members (excludes halogenated alkanes) is 1. The van der Waals surface area contributed by atoms with Crippen molar-refractivity contribution in [1.29, 1.82) is 0 Å². The van der Waals surface area contributed by atoms with Crippen LogP contribution in [0.1, 0.15) is 46.5 Å². The lowest BCUT2D eigenvalue weighted by Gasteiger charge is -2.10. The molecule has 0 saturated heterocycles. The average Bonchev–Trinajstić information content (AvgIpc) is 1.82. The molecule has 0 rings (SSSR count). The maximum atomic E-state index is 6.05. The summed E-state index contributed by atoms with van der Waals surface area (Å²) in [6, 6.07) is 0. The second kappa shape index (κ2) is 8.86. The maximum Gasteiger partial charge on any atom is 0.0338 e. The molecule has 0 aromatic carbocycles. The molecular formula is C9H20BrCl. The van der Waals surface area contributed by atoms with E-state index in [1.54, 1.807) is 0 Å². The minimum atomic E-state index is 0. The van der Waals surface area contributed by atoms with Gasteiger partial charge in [0.05, 0.1) is 0 Å². The van der Waals surface area contributed by atoms with E-state index in [0.717, 1.165) is 5.92 Å². The predicted molar refractivity (Wildman–Crippen MR) is 58.9 cm³/mol. The molecule has 0 bridgehead atoms. The Morgan fingerprint density at radius 3 is 2.18 bits per heavy atom. The van der Waals surface area contributed by atoms with Gasteiger partial charge in [-0.2, -0.15) is 0 Å². The van der Waals surface area contributed by atoms with Crippen molar-refractivity contribution in [2.75, 3.05) is 0 Å². The van der Waals surface area contributed by atoms with E-state index >= 15 is 0 Å². The molecule has 11 heavy (non-hydrogen) atoms. The molecule has 0 amide bonds. The Bertz CT molecular complexity index is 74.0. The molecule has 0 nitrogen and oxygen atoms in total. The molecule has 70 valence electrons. The Balaban J connectivity index is 0. The first-order chi connectivity index (χ1) is 4.66. The summed E-state index contributed by atoms with van der Waals surface area (Å²) in [4.78, 5) is 0. The van der Waals surface area contributed by atoms with Gasteiger partial charge in [-0.05, 0) is 18.8 Å². The molecule has 0 heterocycles. The van der Waals surface area contributed by atoms with E-state index in [9.17, 15) is 0 Å². The molecule has 0 aliphatic carbocycles. The second-order valence-corrected chi connectivity index (χ2v) is 3.99. The highest BCUT2D eigenvalue weighted by molar-refractivity contribution is 8.93. The van der Waals surface area contributed by atoms with Gasteiger partial charge in [-0.3, -0.25) is 0 Å². The van der Waals surface area contributed by atoms with Crippen LogP contribution in [-0.2, 0) is 0 Å². The third-order valence-electron chi connectivity index (χ3n) is 1.60. The summed E-state index contributed by atoms with van der Waals surface area (Å²) in [5.74, 6) is 0.749. The number of hydrogen-bond acceptors (Lipinski definition) is 0. The molecule has 0 aromatic heterocycles. The molecule has 0 fully saturated rings. The summed E-state index contributed by atoms with van der Waals surface area (Å²) < 4.78 is 0. The van der Waals surface area contributed by atoms with Gasteiger partial charge >= 0.3 is 0 Å². The minimum absolute atomic E-state index is 0. The van der Waals surface area contributed by atoms with E-state index < -0.39 is 0 Å². The summed E-state index contributed by atoms with van der Waals surface area (Å²) in [5, 5.41) is 0.417. The summed E-state index contributed by atoms with van der Waals surface area (Å²) in [6.45, 7) is 6.65. The van der Waals surface area contributed by atoms with Crippen molar-refractivity contribution in [3.63, 3.8) is 0 Å². The molecule has 0 aliphatic heterocycles. The van der Waals surface area contributed by atoms with E-state index in [0.29, 0.717) is 5.38 Å².